The lowest BCUT2D eigenvalue weighted by molar-refractivity contribution is -0.914. The van der Waals surface area contributed by atoms with Crippen molar-refractivity contribution in [1.29, 1.82) is 0 Å². The highest BCUT2D eigenvalue weighted by Crippen LogP contribution is 2.17. The van der Waals surface area contributed by atoms with Gasteiger partial charge in [0.05, 0.1) is 6.20 Å². The zero-order chi connectivity index (χ0) is 15.4. The van der Waals surface area contributed by atoms with Gasteiger partial charge in [-0.25, -0.2) is 4.98 Å². The van der Waals surface area contributed by atoms with Crippen LogP contribution in [0.2, 0.25) is 0 Å². The molecule has 1 saturated carbocycles. The molecule has 22 heavy (non-hydrogen) atoms. The highest BCUT2D eigenvalue weighted by atomic mass is 16.2. The van der Waals surface area contributed by atoms with Gasteiger partial charge in [0, 0.05) is 12.1 Å². The summed E-state index contributed by atoms with van der Waals surface area (Å²) >= 11 is 0. The van der Waals surface area contributed by atoms with E-state index >= 15 is 0 Å². The number of quaternary nitrogens is 1. The lowest BCUT2D eigenvalue weighted by Crippen LogP contribution is -3.19. The van der Waals surface area contributed by atoms with Crippen molar-refractivity contribution in [3.8, 4) is 0 Å². The van der Waals surface area contributed by atoms with Crippen LogP contribution in [0.1, 0.15) is 32.6 Å². The molecule has 0 bridgehead atoms. The molecule has 0 unspecified atom stereocenters. The van der Waals surface area contributed by atoms with Gasteiger partial charge in [0.25, 0.3) is 11.7 Å². The van der Waals surface area contributed by atoms with E-state index in [0.29, 0.717) is 6.04 Å². The standard InChI is InChI=1S/C17H26N4O/c1-14(17(22)19-15-6-2-3-7-15)20-10-12-21(13-11-20)16-8-4-5-9-18-16/h4-5,8-9,14-15H,2-3,6-7,10-13H2,1H3,(H,19,22)/p+2/t14-/m0/s1. The minimum atomic E-state index is 0.0579. The van der Waals surface area contributed by atoms with Gasteiger partial charge in [-0.1, -0.05) is 18.9 Å². The molecule has 3 N–H and O–H groups in total. The summed E-state index contributed by atoms with van der Waals surface area (Å²) in [6.45, 7) is 6.10. The number of nitrogens with zero attached hydrogens (tertiary/aromatic N) is 1. The van der Waals surface area contributed by atoms with Gasteiger partial charge in [-0.3, -0.25) is 9.69 Å². The Hall–Kier alpha value is -1.62. The van der Waals surface area contributed by atoms with Crippen LogP contribution in [0.4, 0.5) is 5.82 Å². The average Bonchev–Trinajstić information content (AvgIpc) is 3.08. The van der Waals surface area contributed by atoms with E-state index in [1.807, 2.05) is 12.3 Å². The molecular weight excluding hydrogens is 276 g/mol. The minimum absolute atomic E-state index is 0.0579. The predicted octanol–water partition coefficient (Wildman–Crippen LogP) is -0.347. The Balaban J connectivity index is 1.49. The number of hydrogen-bond donors (Lipinski definition) is 2. The number of carbonyl (C=O) groups is 1. The van der Waals surface area contributed by atoms with Gasteiger partial charge < -0.3 is 10.2 Å². The first-order chi connectivity index (χ1) is 10.7. The Morgan fingerprint density at radius 2 is 2.05 bits per heavy atom. The number of piperazine rings is 1. The predicted molar refractivity (Wildman–Crippen MR) is 85.8 cm³/mol. The molecule has 5 heteroatoms. The van der Waals surface area contributed by atoms with Crippen molar-refractivity contribution in [3.05, 3.63) is 24.4 Å². The van der Waals surface area contributed by atoms with E-state index in [4.69, 9.17) is 0 Å². The summed E-state index contributed by atoms with van der Waals surface area (Å²) < 4.78 is 0. The lowest BCUT2D eigenvalue weighted by atomic mass is 10.2. The minimum Gasteiger partial charge on any atom is -0.348 e. The maximum atomic E-state index is 12.4. The Kier molecular flexibility index (Phi) is 4.93. The third kappa shape index (κ3) is 3.58. The molecule has 0 radical (unpaired) electrons. The maximum absolute atomic E-state index is 12.4. The molecule has 120 valence electrons. The fourth-order valence-electron chi connectivity index (χ4n) is 3.63. The normalized spacial score (nSPS) is 21.8. The SMILES string of the molecule is C[C@@H](C(=O)NC1CCCC1)[NH+]1CCN(c2cccc[nH+]2)CC1. The number of pyridine rings is 1. The zero-order valence-corrected chi connectivity index (χ0v) is 13.5. The number of aromatic nitrogens is 1. The van der Waals surface area contributed by atoms with E-state index in [-0.39, 0.29) is 11.9 Å². The molecule has 1 amide bonds. The second-order valence-electron chi connectivity index (χ2n) is 6.60. The summed E-state index contributed by atoms with van der Waals surface area (Å²) in [6, 6.07) is 6.65. The fourth-order valence-corrected chi connectivity index (χ4v) is 3.63. The van der Waals surface area contributed by atoms with Crippen molar-refractivity contribution in [3.63, 3.8) is 0 Å². The van der Waals surface area contributed by atoms with Crippen molar-refractivity contribution < 1.29 is 14.7 Å². The van der Waals surface area contributed by atoms with E-state index < -0.39 is 0 Å². The summed E-state index contributed by atoms with van der Waals surface area (Å²) in [6.07, 6.45) is 6.81. The first kappa shape index (κ1) is 15.3. The number of rotatable bonds is 4. The molecule has 1 aromatic rings. The molecule has 2 heterocycles. The molecule has 1 aliphatic heterocycles. The smallest absolute Gasteiger partial charge is 0.278 e. The Labute approximate surface area is 132 Å². The highest BCUT2D eigenvalue weighted by Gasteiger charge is 2.33. The zero-order valence-electron chi connectivity index (χ0n) is 13.5. The second kappa shape index (κ2) is 7.09. The number of hydrogen-bond acceptors (Lipinski definition) is 2. The lowest BCUT2D eigenvalue weighted by Gasteiger charge is -2.32. The molecule has 1 aliphatic carbocycles. The fraction of sp³-hybridized carbons (Fsp3) is 0.647. The number of anilines is 1. The van der Waals surface area contributed by atoms with Gasteiger partial charge in [0.15, 0.2) is 6.04 Å². The summed E-state index contributed by atoms with van der Waals surface area (Å²) in [7, 11) is 0. The molecule has 2 aliphatic rings. The molecule has 1 saturated heterocycles. The van der Waals surface area contributed by atoms with E-state index in [9.17, 15) is 4.79 Å². The van der Waals surface area contributed by atoms with Crippen LogP contribution in [0.3, 0.4) is 0 Å². The molecule has 1 atom stereocenters. The number of nitrogens with one attached hydrogen (secondary N) is 3. The van der Waals surface area contributed by atoms with Crippen LogP contribution < -0.4 is 20.1 Å². The molecular formula is C17H28N4O+2. The average molecular weight is 304 g/mol. The summed E-state index contributed by atoms with van der Waals surface area (Å²) in [5.74, 6) is 1.41. The van der Waals surface area contributed by atoms with Crippen molar-refractivity contribution in [2.75, 3.05) is 31.1 Å². The topological polar surface area (TPSA) is 50.9 Å². The van der Waals surface area contributed by atoms with Crippen molar-refractivity contribution in [2.24, 2.45) is 0 Å². The molecule has 2 fully saturated rings. The maximum Gasteiger partial charge on any atom is 0.278 e. The molecule has 1 aromatic heterocycles. The number of H-pyrrole nitrogens is 1. The van der Waals surface area contributed by atoms with Crippen LogP contribution in [0, 0.1) is 0 Å². The van der Waals surface area contributed by atoms with E-state index in [1.54, 1.807) is 0 Å². The van der Waals surface area contributed by atoms with E-state index in [2.05, 4.69) is 34.3 Å². The Bertz CT molecular complexity index is 479. The van der Waals surface area contributed by atoms with E-state index in [0.717, 1.165) is 39.0 Å². The monoisotopic (exact) mass is 304 g/mol. The van der Waals surface area contributed by atoms with Crippen LogP contribution in [-0.2, 0) is 4.79 Å². The third-order valence-corrected chi connectivity index (χ3v) is 5.15. The van der Waals surface area contributed by atoms with Crippen LogP contribution in [0.15, 0.2) is 24.4 Å². The number of carbonyl (C=O) groups excluding carboxylic acids is 1. The van der Waals surface area contributed by atoms with Gasteiger partial charge in [0.1, 0.15) is 26.2 Å². The molecule has 3 rings (SSSR count). The van der Waals surface area contributed by atoms with Crippen LogP contribution in [0.5, 0.6) is 0 Å². The molecule has 5 nitrogen and oxygen atoms in total. The molecule has 0 spiro atoms. The summed E-state index contributed by atoms with van der Waals surface area (Å²) in [5.41, 5.74) is 0. The van der Waals surface area contributed by atoms with Crippen LogP contribution in [-0.4, -0.2) is 44.2 Å². The third-order valence-electron chi connectivity index (χ3n) is 5.15. The largest absolute Gasteiger partial charge is 0.348 e. The van der Waals surface area contributed by atoms with Gasteiger partial charge in [-0.15, -0.1) is 0 Å². The Morgan fingerprint density at radius 3 is 2.68 bits per heavy atom. The first-order valence-corrected chi connectivity index (χ1v) is 8.60. The van der Waals surface area contributed by atoms with Gasteiger partial charge >= 0.3 is 0 Å². The van der Waals surface area contributed by atoms with E-state index in [1.165, 1.54) is 23.6 Å². The van der Waals surface area contributed by atoms with Crippen molar-refractivity contribution >= 4 is 11.7 Å². The first-order valence-electron chi connectivity index (χ1n) is 8.60. The van der Waals surface area contributed by atoms with Gasteiger partial charge in [-0.05, 0) is 25.8 Å². The second-order valence-corrected chi connectivity index (χ2v) is 6.60. The van der Waals surface area contributed by atoms with Crippen LogP contribution in [0.25, 0.3) is 0 Å². The van der Waals surface area contributed by atoms with Crippen molar-refractivity contribution in [1.82, 2.24) is 5.32 Å². The van der Waals surface area contributed by atoms with Crippen LogP contribution >= 0.6 is 0 Å². The molecule has 0 aromatic carbocycles. The summed E-state index contributed by atoms with van der Waals surface area (Å²) in [4.78, 5) is 19.5. The Morgan fingerprint density at radius 1 is 1.32 bits per heavy atom. The number of aromatic amines is 1. The highest BCUT2D eigenvalue weighted by molar-refractivity contribution is 5.80. The van der Waals surface area contributed by atoms with Crippen molar-refractivity contribution in [2.45, 2.75) is 44.7 Å². The summed E-state index contributed by atoms with van der Waals surface area (Å²) in [5, 5.41) is 3.24. The van der Waals surface area contributed by atoms with Gasteiger partial charge in [-0.2, -0.15) is 0 Å². The quantitative estimate of drug-likeness (QED) is 0.799. The van der Waals surface area contributed by atoms with Gasteiger partial charge in [0.2, 0.25) is 0 Å². The number of amides is 1.